The Hall–Kier alpha value is -4.02. The van der Waals surface area contributed by atoms with E-state index in [1.165, 1.54) is 6.07 Å². The topological polar surface area (TPSA) is 127 Å². The largest absolute Gasteiger partial charge is 0.487 e. The summed E-state index contributed by atoms with van der Waals surface area (Å²) in [6.45, 7) is 1.16. The van der Waals surface area contributed by atoms with E-state index < -0.39 is 22.1 Å². The van der Waals surface area contributed by atoms with E-state index in [1.807, 2.05) is 0 Å². The van der Waals surface area contributed by atoms with Crippen molar-refractivity contribution in [3.63, 3.8) is 0 Å². The molecular weight excluding hydrogens is 547 g/mol. The summed E-state index contributed by atoms with van der Waals surface area (Å²) in [7, 11) is -3.83. The molecule has 0 spiro atoms. The molecule has 0 saturated carbocycles. The molecule has 0 radical (unpaired) electrons. The molecule has 9 nitrogen and oxygen atoms in total. The minimum atomic E-state index is -3.83. The Morgan fingerprint density at radius 1 is 1.12 bits per heavy atom. The second kappa shape index (κ2) is 11.2. The number of nitrogens with one attached hydrogen (secondary N) is 1. The number of fused-ring (bicyclic) bond motifs is 1. The summed E-state index contributed by atoms with van der Waals surface area (Å²) in [5.74, 6) is -0.379. The average molecular weight is 572 g/mol. The Labute approximate surface area is 228 Å². The van der Waals surface area contributed by atoms with Crippen LogP contribution in [0.4, 0.5) is 30.2 Å². The molecule has 0 aliphatic carbocycles. The number of rotatable bonds is 8. The number of aromatic nitrogens is 2. The van der Waals surface area contributed by atoms with Crippen LogP contribution in [-0.4, -0.2) is 56.1 Å². The molecule has 1 saturated heterocycles. The molecule has 2 aliphatic rings. The van der Waals surface area contributed by atoms with E-state index in [2.05, 4.69) is 26.3 Å². The maximum Gasteiger partial charge on any atom is 0.277 e. The fourth-order valence-corrected chi connectivity index (χ4v) is 5.38. The predicted octanol–water partition coefficient (Wildman–Crippen LogP) is 4.68. The van der Waals surface area contributed by atoms with Gasteiger partial charge >= 0.3 is 0 Å². The number of hydrogen-bond acceptors (Lipinski definition) is 9. The van der Waals surface area contributed by atoms with Crippen molar-refractivity contribution in [2.24, 2.45) is 4.99 Å². The molecule has 208 valence electrons. The third-order valence-corrected chi connectivity index (χ3v) is 7.57. The molecule has 1 fully saturated rings. The van der Waals surface area contributed by atoms with E-state index in [-0.39, 0.29) is 58.0 Å². The summed E-state index contributed by atoms with van der Waals surface area (Å²) >= 11 is 0. The summed E-state index contributed by atoms with van der Waals surface area (Å²) in [6.07, 6.45) is -0.569. The highest BCUT2D eigenvalue weighted by atomic mass is 32.2. The first-order valence-electron chi connectivity index (χ1n) is 12.4. The molecule has 3 aromatic rings. The van der Waals surface area contributed by atoms with Gasteiger partial charge in [-0.2, -0.15) is 5.26 Å². The quantitative estimate of drug-likeness (QED) is 0.413. The van der Waals surface area contributed by atoms with Crippen molar-refractivity contribution >= 4 is 32.6 Å². The number of sulfone groups is 1. The molecule has 40 heavy (non-hydrogen) atoms. The van der Waals surface area contributed by atoms with E-state index in [9.17, 15) is 26.9 Å². The molecule has 4 heterocycles. The lowest BCUT2D eigenvalue weighted by Gasteiger charge is -2.23. The molecule has 2 aromatic heterocycles. The van der Waals surface area contributed by atoms with Crippen LogP contribution in [0.3, 0.4) is 0 Å². The Morgan fingerprint density at radius 3 is 2.60 bits per heavy atom. The molecule has 5 rings (SSSR count). The average Bonchev–Trinajstić information content (AvgIpc) is 3.35. The number of nitriles is 1. The van der Waals surface area contributed by atoms with Gasteiger partial charge in [-0.1, -0.05) is 0 Å². The number of benzene rings is 1. The zero-order chi connectivity index (χ0) is 28.4. The van der Waals surface area contributed by atoms with E-state index in [0.717, 1.165) is 18.4 Å². The molecule has 0 amide bonds. The summed E-state index contributed by atoms with van der Waals surface area (Å²) in [5, 5.41) is 12.6. The van der Waals surface area contributed by atoms with Crippen LogP contribution >= 0.6 is 0 Å². The van der Waals surface area contributed by atoms with Crippen LogP contribution < -0.4 is 10.1 Å². The number of nitrogens with zero attached hydrogens (tertiary/aromatic N) is 4. The van der Waals surface area contributed by atoms with Crippen molar-refractivity contribution in [2.75, 3.05) is 24.8 Å². The Balaban J connectivity index is 1.48. The van der Waals surface area contributed by atoms with Crippen LogP contribution in [0.5, 0.6) is 5.75 Å². The van der Waals surface area contributed by atoms with Gasteiger partial charge in [0.1, 0.15) is 23.7 Å². The Bertz CT molecular complexity index is 1630. The highest BCUT2D eigenvalue weighted by Gasteiger charge is 2.27. The molecule has 0 bridgehead atoms. The minimum Gasteiger partial charge on any atom is -0.487 e. The lowest BCUT2D eigenvalue weighted by molar-refractivity contribution is 0.0253. The van der Waals surface area contributed by atoms with Gasteiger partial charge in [0.15, 0.2) is 21.3 Å². The molecule has 13 heteroatoms. The summed E-state index contributed by atoms with van der Waals surface area (Å²) < 4.78 is 76.8. The van der Waals surface area contributed by atoms with Crippen molar-refractivity contribution in [2.45, 2.75) is 43.1 Å². The van der Waals surface area contributed by atoms with E-state index in [0.29, 0.717) is 43.2 Å². The Morgan fingerprint density at radius 2 is 1.90 bits per heavy atom. The number of pyridine rings is 2. The number of ether oxygens (including phenoxy) is 2. The SMILES string of the molecule is CS(=O)(=O)c1cc(F)ccc1Nc1cc(Cc2ccc(OC3CCOCC3)c(C#N)n2)nc2c1N=C(C(F)F)C2. The number of hydrogen-bond donors (Lipinski definition) is 1. The molecule has 1 N–H and O–H groups in total. The number of anilines is 2. The molecule has 0 unspecified atom stereocenters. The second-order valence-electron chi connectivity index (χ2n) is 9.44. The number of alkyl halides is 2. The second-order valence-corrected chi connectivity index (χ2v) is 11.4. The first-order chi connectivity index (χ1) is 19.1. The Kier molecular flexibility index (Phi) is 7.73. The maximum atomic E-state index is 13.9. The van der Waals surface area contributed by atoms with E-state index in [4.69, 9.17) is 9.47 Å². The molecule has 2 aliphatic heterocycles. The van der Waals surface area contributed by atoms with E-state index >= 15 is 0 Å². The summed E-state index contributed by atoms with van der Waals surface area (Å²) in [5.41, 5.74) is 1.36. The van der Waals surface area contributed by atoms with Crippen LogP contribution in [0, 0.1) is 17.1 Å². The maximum absolute atomic E-state index is 13.9. The van der Waals surface area contributed by atoms with Gasteiger partial charge in [-0.05, 0) is 36.4 Å². The highest BCUT2D eigenvalue weighted by molar-refractivity contribution is 7.90. The smallest absolute Gasteiger partial charge is 0.277 e. The predicted molar refractivity (Wildman–Crippen MR) is 140 cm³/mol. The third kappa shape index (κ3) is 6.08. The first kappa shape index (κ1) is 27.5. The van der Waals surface area contributed by atoms with Crippen molar-refractivity contribution in [1.82, 2.24) is 9.97 Å². The monoisotopic (exact) mass is 571 g/mol. The minimum absolute atomic E-state index is 0.0588. The van der Waals surface area contributed by atoms with Crippen molar-refractivity contribution in [3.05, 3.63) is 65.0 Å². The van der Waals surface area contributed by atoms with Crippen LogP contribution in [0.1, 0.15) is 35.6 Å². The fourth-order valence-electron chi connectivity index (χ4n) is 4.53. The molecule has 0 atom stereocenters. The van der Waals surface area contributed by atoms with Gasteiger partial charge in [0.25, 0.3) is 6.43 Å². The normalized spacial score (nSPS) is 15.4. The van der Waals surface area contributed by atoms with Gasteiger partial charge in [-0.15, -0.1) is 0 Å². The van der Waals surface area contributed by atoms with Crippen LogP contribution in [0.15, 0.2) is 46.3 Å². The van der Waals surface area contributed by atoms with Crippen molar-refractivity contribution < 1.29 is 31.1 Å². The van der Waals surface area contributed by atoms with Gasteiger partial charge in [0.2, 0.25) is 0 Å². The first-order valence-corrected chi connectivity index (χ1v) is 14.3. The zero-order valence-electron chi connectivity index (χ0n) is 21.3. The van der Waals surface area contributed by atoms with Gasteiger partial charge < -0.3 is 14.8 Å². The zero-order valence-corrected chi connectivity index (χ0v) is 22.1. The molecular formula is C27H24F3N5O4S. The molecule has 1 aromatic carbocycles. The van der Waals surface area contributed by atoms with Gasteiger partial charge in [-0.3, -0.25) is 4.98 Å². The number of aliphatic imine (C=N–C) groups is 1. The fraction of sp³-hybridized carbons (Fsp3) is 0.333. The van der Waals surface area contributed by atoms with Crippen molar-refractivity contribution in [3.8, 4) is 11.8 Å². The lowest BCUT2D eigenvalue weighted by Crippen LogP contribution is -2.26. The van der Waals surface area contributed by atoms with E-state index in [1.54, 1.807) is 18.2 Å². The van der Waals surface area contributed by atoms with Crippen LogP contribution in [0.25, 0.3) is 0 Å². The van der Waals surface area contributed by atoms with Crippen LogP contribution in [-0.2, 0) is 27.4 Å². The van der Waals surface area contributed by atoms with Gasteiger partial charge in [-0.25, -0.2) is 31.6 Å². The number of halogens is 3. The van der Waals surface area contributed by atoms with Crippen molar-refractivity contribution in [1.29, 1.82) is 5.26 Å². The standard InChI is InChI=1S/C27H24F3N5O4S/c1-40(36,37)25-10-15(28)2-4-19(25)34-20-12-17(33-21-13-22(27(29)30)35-26(20)21)11-16-3-5-24(23(14-31)32-16)39-18-6-8-38-9-7-18/h2-5,10,12,18,27H,6-9,11,13H2,1H3,(H,33,34). The van der Waals surface area contributed by atoms with Gasteiger partial charge in [0.05, 0.1) is 40.9 Å². The highest BCUT2D eigenvalue weighted by Crippen LogP contribution is 2.38. The lowest BCUT2D eigenvalue weighted by atomic mass is 10.1. The third-order valence-electron chi connectivity index (χ3n) is 6.43. The van der Waals surface area contributed by atoms with Crippen LogP contribution in [0.2, 0.25) is 0 Å². The van der Waals surface area contributed by atoms with Gasteiger partial charge in [0, 0.05) is 43.3 Å². The summed E-state index contributed by atoms with van der Waals surface area (Å²) in [4.78, 5) is 12.7. The summed E-state index contributed by atoms with van der Waals surface area (Å²) in [6, 6.07) is 10.2.